The normalized spacial score (nSPS) is 14.0. The third kappa shape index (κ3) is 5.70. The van der Waals surface area contributed by atoms with Crippen molar-refractivity contribution in [3.63, 3.8) is 0 Å². The Balaban J connectivity index is 0.861. The second kappa shape index (κ2) is 16.4. The second-order valence-electron chi connectivity index (χ2n) is 20.6. The van der Waals surface area contributed by atoms with Gasteiger partial charge < -0.3 is 9.80 Å². The van der Waals surface area contributed by atoms with Crippen LogP contribution in [0.15, 0.2) is 291 Å². The van der Waals surface area contributed by atoms with Gasteiger partial charge in [0.05, 0.1) is 22.2 Å². The minimum atomic E-state index is -0.535. The van der Waals surface area contributed by atoms with E-state index < -0.39 is 10.8 Å². The van der Waals surface area contributed by atoms with Gasteiger partial charge in [0, 0.05) is 22.7 Å². The zero-order valence-corrected chi connectivity index (χ0v) is 41.6. The average Bonchev–Trinajstić information content (AvgIpc) is 4.28. The lowest BCUT2D eigenvalue weighted by Crippen LogP contribution is -2.36. The molecule has 0 bridgehead atoms. The summed E-state index contributed by atoms with van der Waals surface area (Å²) in [6, 6.07) is 109. The van der Waals surface area contributed by atoms with Crippen LogP contribution in [0.25, 0.3) is 55.6 Å². The van der Waals surface area contributed by atoms with E-state index in [-0.39, 0.29) is 0 Å². The van der Waals surface area contributed by atoms with Crippen molar-refractivity contribution in [1.82, 2.24) is 0 Å². The Kier molecular flexibility index (Phi) is 9.20. The molecule has 1 heterocycles. The van der Waals surface area contributed by atoms with Gasteiger partial charge in [-0.3, -0.25) is 0 Å². The molecule has 0 saturated heterocycles. The lowest BCUT2D eigenvalue weighted by Gasteiger charge is -2.45. The van der Waals surface area contributed by atoms with Crippen molar-refractivity contribution in [3.8, 4) is 55.6 Å². The maximum atomic E-state index is 2.45. The highest BCUT2D eigenvalue weighted by Crippen LogP contribution is 2.66. The fraction of sp³-hybridized carbons (Fsp3) is 0.0270. The van der Waals surface area contributed by atoms with Crippen molar-refractivity contribution < 1.29 is 0 Å². The molecule has 0 unspecified atom stereocenters. The predicted molar refractivity (Wildman–Crippen MR) is 314 cm³/mol. The standard InChI is InChI=1S/C74H48N2/c1-3-24-50(25-4-1)75(53-45-46-66-61(48-53)58-33-11-15-38-64(58)74(66)67-40-17-19-43-70(67)76(51-26-5-2-6-27-51)71-44-20-18-41-68(71)74)52-28-21-23-49(47-52)54-29-7-8-30-55(54)59-35-22-42-69-72(59)60-34-12-16-39-65(60)73(69)62-36-13-9-31-56(62)57-32-10-14-37-63(57)73/h1-48H. The quantitative estimate of drug-likeness (QED) is 0.164. The molecule has 2 nitrogen and oxygen atoms in total. The number of para-hydroxylation sites is 4. The van der Waals surface area contributed by atoms with Gasteiger partial charge in [-0.25, -0.2) is 0 Å². The number of hydrogen-bond donors (Lipinski definition) is 0. The fourth-order valence-corrected chi connectivity index (χ4v) is 14.3. The van der Waals surface area contributed by atoms with E-state index in [1.165, 1.54) is 106 Å². The Labute approximate surface area is 443 Å². The molecule has 4 aliphatic rings. The third-order valence-corrected chi connectivity index (χ3v) is 17.1. The van der Waals surface area contributed by atoms with Crippen LogP contribution in [0.2, 0.25) is 0 Å². The molecule has 16 rings (SSSR count). The maximum Gasteiger partial charge on any atom is 0.0754 e. The number of nitrogens with zero attached hydrogens (tertiary/aromatic N) is 2. The van der Waals surface area contributed by atoms with E-state index >= 15 is 0 Å². The molecule has 0 amide bonds. The molecule has 76 heavy (non-hydrogen) atoms. The summed E-state index contributed by atoms with van der Waals surface area (Å²) in [6.07, 6.45) is 0. The molecule has 0 aromatic heterocycles. The van der Waals surface area contributed by atoms with Crippen LogP contribution in [-0.2, 0) is 10.8 Å². The van der Waals surface area contributed by atoms with Crippen molar-refractivity contribution in [2.24, 2.45) is 0 Å². The van der Waals surface area contributed by atoms with E-state index in [0.29, 0.717) is 0 Å². The minimum absolute atomic E-state index is 0.414. The highest BCUT2D eigenvalue weighted by atomic mass is 15.2. The van der Waals surface area contributed by atoms with Gasteiger partial charge >= 0.3 is 0 Å². The number of benzene rings is 12. The summed E-state index contributed by atoms with van der Waals surface area (Å²) in [7, 11) is 0. The van der Waals surface area contributed by atoms with Crippen molar-refractivity contribution in [2.75, 3.05) is 9.80 Å². The van der Waals surface area contributed by atoms with Crippen LogP contribution < -0.4 is 9.80 Å². The van der Waals surface area contributed by atoms with Gasteiger partial charge in [-0.05, 0) is 161 Å². The molecule has 12 aromatic carbocycles. The molecule has 354 valence electrons. The zero-order chi connectivity index (χ0) is 50.0. The summed E-state index contributed by atoms with van der Waals surface area (Å²) in [5, 5.41) is 0. The molecule has 0 fully saturated rings. The lowest BCUT2D eigenvalue weighted by molar-refractivity contribution is 0.752. The van der Waals surface area contributed by atoms with E-state index in [0.717, 1.165) is 28.3 Å². The zero-order valence-electron chi connectivity index (χ0n) is 41.6. The molecule has 0 radical (unpaired) electrons. The maximum absolute atomic E-state index is 2.45. The van der Waals surface area contributed by atoms with Crippen LogP contribution in [0.1, 0.15) is 44.5 Å². The molecule has 0 N–H and O–H groups in total. The first-order valence-electron chi connectivity index (χ1n) is 26.5. The fourth-order valence-electron chi connectivity index (χ4n) is 14.3. The summed E-state index contributed by atoms with van der Waals surface area (Å²) in [4.78, 5) is 4.89. The van der Waals surface area contributed by atoms with Crippen molar-refractivity contribution >= 4 is 34.1 Å². The predicted octanol–water partition coefficient (Wildman–Crippen LogP) is 19.0. The van der Waals surface area contributed by atoms with Gasteiger partial charge in [0.1, 0.15) is 0 Å². The molecule has 2 heteroatoms. The van der Waals surface area contributed by atoms with Gasteiger partial charge in [0.15, 0.2) is 0 Å². The first kappa shape index (κ1) is 42.7. The number of hydrogen-bond acceptors (Lipinski definition) is 2. The molecule has 12 aromatic rings. The van der Waals surface area contributed by atoms with Crippen LogP contribution in [0.4, 0.5) is 34.1 Å². The Hall–Kier alpha value is -9.76. The lowest BCUT2D eigenvalue weighted by atomic mass is 9.64. The second-order valence-corrected chi connectivity index (χ2v) is 20.6. The highest BCUT2D eigenvalue weighted by Gasteiger charge is 2.53. The van der Waals surface area contributed by atoms with Gasteiger partial charge in [0.2, 0.25) is 0 Å². The largest absolute Gasteiger partial charge is 0.310 e. The molecule has 1 aliphatic heterocycles. The summed E-state index contributed by atoms with van der Waals surface area (Å²) in [5.74, 6) is 0. The minimum Gasteiger partial charge on any atom is -0.310 e. The number of fused-ring (bicyclic) bond motifs is 19. The van der Waals surface area contributed by atoms with Gasteiger partial charge in [-0.1, -0.05) is 231 Å². The summed E-state index contributed by atoms with van der Waals surface area (Å²) >= 11 is 0. The average molecular weight is 965 g/mol. The van der Waals surface area contributed by atoms with E-state index in [2.05, 4.69) is 301 Å². The van der Waals surface area contributed by atoms with Gasteiger partial charge in [0.25, 0.3) is 0 Å². The van der Waals surface area contributed by atoms with Gasteiger partial charge in [-0.2, -0.15) is 0 Å². The van der Waals surface area contributed by atoms with E-state index in [4.69, 9.17) is 0 Å². The van der Waals surface area contributed by atoms with Gasteiger partial charge in [-0.15, -0.1) is 0 Å². The molecule has 0 saturated carbocycles. The first-order chi connectivity index (χ1) is 37.7. The summed E-state index contributed by atoms with van der Waals surface area (Å²) in [6.45, 7) is 0. The summed E-state index contributed by atoms with van der Waals surface area (Å²) in [5.41, 5.74) is 29.0. The molecular weight excluding hydrogens is 917 g/mol. The highest BCUT2D eigenvalue weighted by molar-refractivity contribution is 6.03. The Bertz CT molecular complexity index is 4230. The van der Waals surface area contributed by atoms with E-state index in [9.17, 15) is 0 Å². The van der Waals surface area contributed by atoms with E-state index in [1.54, 1.807) is 0 Å². The first-order valence-corrected chi connectivity index (χ1v) is 26.5. The molecule has 2 spiro atoms. The Morgan fingerprint density at radius 2 is 0.645 bits per heavy atom. The van der Waals surface area contributed by atoms with Crippen LogP contribution in [0, 0.1) is 0 Å². The summed E-state index contributed by atoms with van der Waals surface area (Å²) < 4.78 is 0. The van der Waals surface area contributed by atoms with Crippen LogP contribution in [0.3, 0.4) is 0 Å². The van der Waals surface area contributed by atoms with Crippen molar-refractivity contribution in [2.45, 2.75) is 10.8 Å². The number of rotatable bonds is 6. The number of anilines is 6. The molecule has 0 atom stereocenters. The Morgan fingerprint density at radius 1 is 0.237 bits per heavy atom. The van der Waals surface area contributed by atoms with E-state index in [1.807, 2.05) is 0 Å². The third-order valence-electron chi connectivity index (χ3n) is 17.1. The Morgan fingerprint density at radius 3 is 1.28 bits per heavy atom. The topological polar surface area (TPSA) is 6.48 Å². The molecular formula is C74H48N2. The van der Waals surface area contributed by atoms with Crippen LogP contribution in [0.5, 0.6) is 0 Å². The molecule has 3 aliphatic carbocycles. The van der Waals surface area contributed by atoms with Crippen molar-refractivity contribution in [3.05, 3.63) is 336 Å². The van der Waals surface area contributed by atoms with Crippen LogP contribution >= 0.6 is 0 Å². The smallest absolute Gasteiger partial charge is 0.0754 e. The SMILES string of the molecule is c1ccc(N(c2cccc(-c3ccccc3-c3cccc4c3-c3ccccc3C43c4ccccc4-c4ccccc43)c2)c2ccc3c(c2)-c2ccccc2C32c3ccccc3N(c3ccccc3)c3ccccc32)cc1. The van der Waals surface area contributed by atoms with Crippen LogP contribution in [-0.4, -0.2) is 0 Å². The monoisotopic (exact) mass is 964 g/mol. The van der Waals surface area contributed by atoms with Crippen molar-refractivity contribution in [1.29, 1.82) is 0 Å².